The van der Waals surface area contributed by atoms with Crippen molar-refractivity contribution in [3.63, 3.8) is 0 Å². The molecule has 19 heavy (non-hydrogen) atoms. The van der Waals surface area contributed by atoms with Gasteiger partial charge in [0.05, 0.1) is 0 Å². The molecule has 2 aliphatic rings. The Morgan fingerprint density at radius 1 is 1.26 bits per heavy atom. The van der Waals surface area contributed by atoms with Gasteiger partial charge in [-0.25, -0.2) is 0 Å². The molecule has 1 amide bonds. The predicted molar refractivity (Wildman–Crippen MR) is 78.9 cm³/mol. The van der Waals surface area contributed by atoms with Gasteiger partial charge in [-0.15, -0.1) is 0 Å². The van der Waals surface area contributed by atoms with Crippen molar-refractivity contribution in [1.82, 2.24) is 10.6 Å². The number of amides is 1. The molecular formula is C16H30N2O. The van der Waals surface area contributed by atoms with Crippen molar-refractivity contribution in [2.75, 3.05) is 13.1 Å². The smallest absolute Gasteiger partial charge is 0.223 e. The molecule has 1 saturated carbocycles. The van der Waals surface area contributed by atoms with Gasteiger partial charge in [-0.05, 0) is 57.0 Å². The minimum atomic E-state index is 0.236. The summed E-state index contributed by atoms with van der Waals surface area (Å²) < 4.78 is 0. The average molecular weight is 266 g/mol. The van der Waals surface area contributed by atoms with E-state index in [4.69, 9.17) is 0 Å². The molecule has 3 nitrogen and oxygen atoms in total. The zero-order chi connectivity index (χ0) is 13.7. The zero-order valence-electron chi connectivity index (χ0n) is 12.6. The van der Waals surface area contributed by atoms with Crippen molar-refractivity contribution in [3.05, 3.63) is 0 Å². The van der Waals surface area contributed by atoms with Crippen molar-refractivity contribution >= 4 is 5.91 Å². The third-order valence-corrected chi connectivity index (χ3v) is 5.07. The Bertz CT molecular complexity index is 292. The van der Waals surface area contributed by atoms with Crippen LogP contribution in [0.25, 0.3) is 0 Å². The summed E-state index contributed by atoms with van der Waals surface area (Å²) in [6.07, 6.45) is 8.04. The van der Waals surface area contributed by atoms with E-state index in [0.717, 1.165) is 31.2 Å². The largest absolute Gasteiger partial charge is 0.353 e. The maximum Gasteiger partial charge on any atom is 0.223 e. The average Bonchev–Trinajstić information content (AvgIpc) is 2.87. The fourth-order valence-corrected chi connectivity index (χ4v) is 3.72. The van der Waals surface area contributed by atoms with E-state index in [-0.39, 0.29) is 5.92 Å². The summed E-state index contributed by atoms with van der Waals surface area (Å²) >= 11 is 0. The number of carbonyl (C=O) groups excluding carboxylic acids is 1. The Morgan fingerprint density at radius 2 is 2.05 bits per heavy atom. The molecule has 110 valence electrons. The highest BCUT2D eigenvalue weighted by atomic mass is 16.1. The summed E-state index contributed by atoms with van der Waals surface area (Å²) in [6.45, 7) is 6.68. The monoisotopic (exact) mass is 266 g/mol. The van der Waals surface area contributed by atoms with E-state index < -0.39 is 0 Å². The number of hydrogen-bond acceptors (Lipinski definition) is 2. The lowest BCUT2D eigenvalue weighted by atomic mass is 9.79. The van der Waals surface area contributed by atoms with Crippen molar-refractivity contribution in [1.29, 1.82) is 0 Å². The highest BCUT2D eigenvalue weighted by Crippen LogP contribution is 2.32. The van der Waals surface area contributed by atoms with E-state index in [9.17, 15) is 4.79 Å². The predicted octanol–water partition coefficient (Wildman–Crippen LogP) is 2.71. The fourth-order valence-electron chi connectivity index (χ4n) is 3.72. The van der Waals surface area contributed by atoms with Crippen LogP contribution in [0.3, 0.4) is 0 Å². The van der Waals surface area contributed by atoms with Crippen LogP contribution >= 0.6 is 0 Å². The normalized spacial score (nSPS) is 31.8. The van der Waals surface area contributed by atoms with Gasteiger partial charge in [-0.1, -0.05) is 26.7 Å². The van der Waals surface area contributed by atoms with Gasteiger partial charge in [-0.3, -0.25) is 4.79 Å². The quantitative estimate of drug-likeness (QED) is 0.776. The van der Waals surface area contributed by atoms with Crippen LogP contribution in [0, 0.1) is 17.8 Å². The number of nitrogens with one attached hydrogen (secondary N) is 2. The third kappa shape index (κ3) is 3.95. The van der Waals surface area contributed by atoms with Gasteiger partial charge in [-0.2, -0.15) is 0 Å². The third-order valence-electron chi connectivity index (χ3n) is 5.07. The second-order valence-electron chi connectivity index (χ2n) is 6.44. The van der Waals surface area contributed by atoms with Gasteiger partial charge in [0, 0.05) is 12.0 Å². The molecule has 0 aromatic heterocycles. The Morgan fingerprint density at radius 3 is 2.79 bits per heavy atom. The van der Waals surface area contributed by atoms with Crippen LogP contribution in [-0.2, 0) is 4.79 Å². The lowest BCUT2D eigenvalue weighted by Gasteiger charge is -2.32. The summed E-state index contributed by atoms with van der Waals surface area (Å²) in [4.78, 5) is 12.3. The first-order valence-electron chi connectivity index (χ1n) is 8.25. The summed E-state index contributed by atoms with van der Waals surface area (Å²) in [5.41, 5.74) is 0. The van der Waals surface area contributed by atoms with Crippen LogP contribution < -0.4 is 10.6 Å². The van der Waals surface area contributed by atoms with E-state index in [1.807, 2.05) is 0 Å². The second kappa shape index (κ2) is 7.28. The number of carbonyl (C=O) groups is 1. The fraction of sp³-hybridized carbons (Fsp3) is 0.938. The molecule has 4 atom stereocenters. The van der Waals surface area contributed by atoms with Crippen molar-refractivity contribution in [2.24, 2.45) is 17.8 Å². The number of unbranched alkanes of at least 4 members (excludes halogenated alkanes) is 1. The molecular weight excluding hydrogens is 236 g/mol. The van der Waals surface area contributed by atoms with Crippen LogP contribution in [-0.4, -0.2) is 25.0 Å². The van der Waals surface area contributed by atoms with E-state index in [1.54, 1.807) is 0 Å². The second-order valence-corrected chi connectivity index (χ2v) is 6.44. The lowest BCUT2D eigenvalue weighted by Crippen LogP contribution is -2.43. The Hall–Kier alpha value is -0.570. The van der Waals surface area contributed by atoms with E-state index in [0.29, 0.717) is 11.9 Å². The van der Waals surface area contributed by atoms with Crippen LogP contribution in [0.5, 0.6) is 0 Å². The molecule has 1 saturated heterocycles. The van der Waals surface area contributed by atoms with Crippen molar-refractivity contribution in [3.8, 4) is 0 Å². The van der Waals surface area contributed by atoms with Crippen molar-refractivity contribution in [2.45, 2.75) is 64.8 Å². The molecule has 2 N–H and O–H groups in total. The van der Waals surface area contributed by atoms with Gasteiger partial charge in [0.15, 0.2) is 0 Å². The Balaban J connectivity index is 1.78. The Kier molecular flexibility index (Phi) is 5.68. The molecule has 0 radical (unpaired) electrons. The molecule has 0 aromatic rings. The van der Waals surface area contributed by atoms with Crippen LogP contribution in [0.1, 0.15) is 58.8 Å². The maximum absolute atomic E-state index is 12.3. The van der Waals surface area contributed by atoms with Gasteiger partial charge in [0.2, 0.25) is 5.91 Å². The summed E-state index contributed by atoms with van der Waals surface area (Å²) in [5.74, 6) is 2.22. The molecule has 2 unspecified atom stereocenters. The van der Waals surface area contributed by atoms with E-state index in [2.05, 4.69) is 24.5 Å². The summed E-state index contributed by atoms with van der Waals surface area (Å²) in [6, 6.07) is 0.435. The van der Waals surface area contributed by atoms with Crippen LogP contribution in [0.15, 0.2) is 0 Å². The first-order valence-corrected chi connectivity index (χ1v) is 8.25. The van der Waals surface area contributed by atoms with E-state index >= 15 is 0 Å². The van der Waals surface area contributed by atoms with E-state index in [1.165, 1.54) is 38.6 Å². The SMILES string of the molecule is CCCCC(CC)C(=O)NC1CC[C@H]2CNC[C@H]2C1. The molecule has 1 heterocycles. The zero-order valence-corrected chi connectivity index (χ0v) is 12.6. The van der Waals surface area contributed by atoms with Crippen molar-refractivity contribution < 1.29 is 4.79 Å². The number of hydrogen-bond donors (Lipinski definition) is 2. The summed E-state index contributed by atoms with van der Waals surface area (Å²) in [7, 11) is 0. The molecule has 1 aliphatic carbocycles. The maximum atomic E-state index is 12.3. The number of rotatable bonds is 6. The minimum absolute atomic E-state index is 0.236. The molecule has 0 aromatic carbocycles. The highest BCUT2D eigenvalue weighted by Gasteiger charge is 2.34. The van der Waals surface area contributed by atoms with Gasteiger partial charge >= 0.3 is 0 Å². The minimum Gasteiger partial charge on any atom is -0.353 e. The highest BCUT2D eigenvalue weighted by molar-refractivity contribution is 5.78. The lowest BCUT2D eigenvalue weighted by molar-refractivity contribution is -0.126. The standard InChI is InChI=1S/C16H30N2O/c1-3-5-6-12(4-2)16(19)18-15-8-7-13-10-17-11-14(13)9-15/h12-15,17H,3-11H2,1-2H3,(H,18,19)/t12?,13-,14+,15?/m0/s1. The van der Waals surface area contributed by atoms with Gasteiger partial charge in [0.25, 0.3) is 0 Å². The van der Waals surface area contributed by atoms with Crippen LogP contribution in [0.4, 0.5) is 0 Å². The topological polar surface area (TPSA) is 41.1 Å². The summed E-state index contributed by atoms with van der Waals surface area (Å²) in [5, 5.41) is 6.81. The molecule has 3 heteroatoms. The molecule has 2 fully saturated rings. The molecule has 2 rings (SSSR count). The van der Waals surface area contributed by atoms with Crippen LogP contribution in [0.2, 0.25) is 0 Å². The number of fused-ring (bicyclic) bond motifs is 1. The Labute approximate surface area is 117 Å². The first kappa shape index (κ1) is 14.8. The molecule has 0 bridgehead atoms. The van der Waals surface area contributed by atoms with Gasteiger partial charge < -0.3 is 10.6 Å². The molecule has 1 aliphatic heterocycles. The molecule has 0 spiro atoms. The van der Waals surface area contributed by atoms with Gasteiger partial charge in [0.1, 0.15) is 0 Å². The first-order chi connectivity index (χ1) is 9.24.